The molecule has 1 N–H and O–H groups in total. The third-order valence-corrected chi connectivity index (χ3v) is 3.62. The van der Waals surface area contributed by atoms with E-state index in [1.54, 1.807) is 0 Å². The zero-order chi connectivity index (χ0) is 11.9. The lowest BCUT2D eigenvalue weighted by molar-refractivity contribution is 0.0125. The zero-order valence-corrected chi connectivity index (χ0v) is 10.9. The summed E-state index contributed by atoms with van der Waals surface area (Å²) in [5, 5.41) is 10.2. The van der Waals surface area contributed by atoms with Crippen molar-refractivity contribution in [1.29, 1.82) is 0 Å². The molecule has 4 heteroatoms. The van der Waals surface area contributed by atoms with Crippen LogP contribution in [0.2, 0.25) is 0 Å². The van der Waals surface area contributed by atoms with Crippen LogP contribution in [0.3, 0.4) is 0 Å². The molecule has 0 heterocycles. The Morgan fingerprint density at radius 1 is 1.07 bits per heavy atom. The summed E-state index contributed by atoms with van der Waals surface area (Å²) in [6, 6.07) is 0. The Hall–Kier alpha value is -0.0900. The Morgan fingerprint density at radius 2 is 1.53 bits per heavy atom. The van der Waals surface area contributed by atoms with Crippen LogP contribution >= 0.6 is 0 Å². The summed E-state index contributed by atoms with van der Waals surface area (Å²) >= 11 is 0. The molecule has 3 nitrogen and oxygen atoms in total. The first-order valence-electron chi connectivity index (χ1n) is 5.73. The van der Waals surface area contributed by atoms with E-state index in [-0.39, 0.29) is 5.75 Å². The minimum Gasteiger partial charge on any atom is -0.390 e. The molecule has 0 fully saturated rings. The fourth-order valence-corrected chi connectivity index (χ4v) is 2.64. The molecule has 0 aromatic rings. The van der Waals surface area contributed by atoms with Crippen LogP contribution in [0.25, 0.3) is 0 Å². The van der Waals surface area contributed by atoms with Crippen molar-refractivity contribution in [2.75, 3.05) is 12.0 Å². The van der Waals surface area contributed by atoms with E-state index in [1.807, 2.05) is 13.8 Å². The van der Waals surface area contributed by atoms with Crippen molar-refractivity contribution in [1.82, 2.24) is 0 Å². The molecule has 0 aromatic carbocycles. The van der Waals surface area contributed by atoms with Gasteiger partial charge in [-0.1, -0.05) is 26.7 Å². The Kier molecular flexibility index (Phi) is 6.44. The highest BCUT2D eigenvalue weighted by Gasteiger charge is 2.24. The molecular weight excluding hydrogens is 212 g/mol. The number of hydrogen-bond acceptors (Lipinski definition) is 3. The predicted molar refractivity (Wildman–Crippen MR) is 63.7 cm³/mol. The van der Waals surface area contributed by atoms with E-state index in [0.29, 0.717) is 12.8 Å². The summed E-state index contributed by atoms with van der Waals surface area (Å²) in [5.41, 5.74) is -0.645. The average molecular weight is 236 g/mol. The molecule has 92 valence electrons. The van der Waals surface area contributed by atoms with Crippen molar-refractivity contribution in [2.45, 2.75) is 58.0 Å². The molecule has 0 amide bonds. The second-order valence-corrected chi connectivity index (χ2v) is 6.72. The Morgan fingerprint density at radius 3 is 1.87 bits per heavy atom. The standard InChI is InChI=1S/C11H24O3S/c1-4-7-11(12,8-5-2)9-6-10-15(3,13)14/h12H,4-10H2,1-3H3. The van der Waals surface area contributed by atoms with Gasteiger partial charge < -0.3 is 5.11 Å². The molecule has 0 saturated heterocycles. The van der Waals surface area contributed by atoms with E-state index in [4.69, 9.17) is 0 Å². The highest BCUT2D eigenvalue weighted by Crippen LogP contribution is 2.25. The summed E-state index contributed by atoms with van der Waals surface area (Å²) in [5.74, 6) is 0.183. The second-order valence-electron chi connectivity index (χ2n) is 4.46. The SMILES string of the molecule is CCCC(O)(CCC)CCCS(C)(=O)=O. The van der Waals surface area contributed by atoms with Crippen molar-refractivity contribution in [3.05, 3.63) is 0 Å². The van der Waals surface area contributed by atoms with Gasteiger partial charge >= 0.3 is 0 Å². The quantitative estimate of drug-likeness (QED) is 0.702. The molecule has 0 aliphatic rings. The predicted octanol–water partition coefficient (Wildman–Crippen LogP) is 2.14. The van der Waals surface area contributed by atoms with Gasteiger partial charge in [0, 0.05) is 12.0 Å². The summed E-state index contributed by atoms with van der Waals surface area (Å²) < 4.78 is 21.9. The van der Waals surface area contributed by atoms with Crippen molar-refractivity contribution < 1.29 is 13.5 Å². The smallest absolute Gasteiger partial charge is 0.147 e. The first-order chi connectivity index (χ1) is 6.83. The average Bonchev–Trinajstić information content (AvgIpc) is 2.01. The molecule has 0 atom stereocenters. The normalized spacial score (nSPS) is 13.1. The van der Waals surface area contributed by atoms with Gasteiger partial charge in [0.15, 0.2) is 0 Å². The third kappa shape index (κ3) is 7.79. The van der Waals surface area contributed by atoms with Gasteiger partial charge in [0.1, 0.15) is 9.84 Å². The van der Waals surface area contributed by atoms with E-state index < -0.39 is 15.4 Å². The van der Waals surface area contributed by atoms with E-state index in [9.17, 15) is 13.5 Å². The summed E-state index contributed by atoms with van der Waals surface area (Å²) in [7, 11) is -2.89. The Balaban J connectivity index is 4.06. The van der Waals surface area contributed by atoms with Gasteiger partial charge in [-0.15, -0.1) is 0 Å². The van der Waals surface area contributed by atoms with Crippen LogP contribution in [0.5, 0.6) is 0 Å². The van der Waals surface area contributed by atoms with Gasteiger partial charge in [0.05, 0.1) is 5.60 Å². The van der Waals surface area contributed by atoms with E-state index in [2.05, 4.69) is 0 Å². The molecule has 0 rings (SSSR count). The Bertz CT molecular complexity index is 251. The molecule has 0 aromatic heterocycles. The van der Waals surface area contributed by atoms with Crippen molar-refractivity contribution in [3.8, 4) is 0 Å². The number of hydrogen-bond donors (Lipinski definition) is 1. The Labute approximate surface area is 93.8 Å². The number of sulfone groups is 1. The lowest BCUT2D eigenvalue weighted by Gasteiger charge is -2.27. The van der Waals surface area contributed by atoms with Crippen LogP contribution in [0.1, 0.15) is 52.4 Å². The van der Waals surface area contributed by atoms with Crippen LogP contribution in [0.4, 0.5) is 0 Å². The molecule has 0 spiro atoms. The van der Waals surface area contributed by atoms with Crippen molar-refractivity contribution in [3.63, 3.8) is 0 Å². The molecule has 0 unspecified atom stereocenters. The van der Waals surface area contributed by atoms with Crippen LogP contribution in [0.15, 0.2) is 0 Å². The number of aliphatic hydroxyl groups is 1. The first-order valence-corrected chi connectivity index (χ1v) is 7.79. The molecule has 0 radical (unpaired) electrons. The molecule has 0 saturated carbocycles. The molecular formula is C11H24O3S. The third-order valence-electron chi connectivity index (χ3n) is 2.59. The highest BCUT2D eigenvalue weighted by molar-refractivity contribution is 7.90. The molecule has 0 bridgehead atoms. The first kappa shape index (κ1) is 14.9. The summed E-state index contributed by atoms with van der Waals surface area (Å²) in [4.78, 5) is 0. The largest absolute Gasteiger partial charge is 0.390 e. The van der Waals surface area contributed by atoms with Crippen LogP contribution in [0, 0.1) is 0 Å². The molecule has 15 heavy (non-hydrogen) atoms. The lowest BCUT2D eigenvalue weighted by Crippen LogP contribution is -2.28. The van der Waals surface area contributed by atoms with Crippen LogP contribution in [-0.2, 0) is 9.84 Å². The second kappa shape index (κ2) is 6.48. The van der Waals surface area contributed by atoms with E-state index >= 15 is 0 Å². The van der Waals surface area contributed by atoms with Gasteiger partial charge in [-0.3, -0.25) is 0 Å². The monoisotopic (exact) mass is 236 g/mol. The summed E-state index contributed by atoms with van der Waals surface area (Å²) in [6.07, 6.45) is 5.82. The fourth-order valence-electron chi connectivity index (χ4n) is 1.97. The van der Waals surface area contributed by atoms with Gasteiger partial charge in [0.25, 0.3) is 0 Å². The van der Waals surface area contributed by atoms with Gasteiger partial charge in [-0.05, 0) is 25.7 Å². The van der Waals surface area contributed by atoms with Gasteiger partial charge in [-0.2, -0.15) is 0 Å². The van der Waals surface area contributed by atoms with Gasteiger partial charge in [-0.25, -0.2) is 8.42 Å². The maximum atomic E-state index is 11.0. The maximum Gasteiger partial charge on any atom is 0.147 e. The maximum absolute atomic E-state index is 11.0. The highest BCUT2D eigenvalue weighted by atomic mass is 32.2. The topological polar surface area (TPSA) is 54.4 Å². The van der Waals surface area contributed by atoms with Crippen LogP contribution < -0.4 is 0 Å². The van der Waals surface area contributed by atoms with E-state index in [1.165, 1.54) is 6.26 Å². The van der Waals surface area contributed by atoms with Gasteiger partial charge in [0.2, 0.25) is 0 Å². The van der Waals surface area contributed by atoms with Crippen LogP contribution in [-0.4, -0.2) is 31.1 Å². The molecule has 0 aliphatic carbocycles. The molecule has 0 aliphatic heterocycles. The fraction of sp³-hybridized carbons (Fsp3) is 1.00. The lowest BCUT2D eigenvalue weighted by atomic mass is 9.88. The minimum atomic E-state index is -2.89. The van der Waals surface area contributed by atoms with Crippen molar-refractivity contribution in [2.24, 2.45) is 0 Å². The summed E-state index contributed by atoms with van der Waals surface area (Å²) in [6.45, 7) is 4.08. The minimum absolute atomic E-state index is 0.183. The van der Waals surface area contributed by atoms with Crippen molar-refractivity contribution >= 4 is 9.84 Å². The zero-order valence-electron chi connectivity index (χ0n) is 10.1. The van der Waals surface area contributed by atoms with E-state index in [0.717, 1.165) is 25.7 Å². The number of rotatable bonds is 8.